The van der Waals surface area contributed by atoms with Gasteiger partial charge in [-0.1, -0.05) is 13.5 Å². The van der Waals surface area contributed by atoms with E-state index in [9.17, 15) is 9.59 Å². The predicted octanol–water partition coefficient (Wildman–Crippen LogP) is 3.96. The molecule has 1 N–H and O–H groups in total. The lowest BCUT2D eigenvalue weighted by atomic mass is 10.0. The molecule has 0 fully saturated rings. The number of ether oxygens (including phenoxy) is 1. The molecule has 0 radical (unpaired) electrons. The topological polar surface area (TPSA) is 55.4 Å². The molecule has 0 aliphatic rings. The average Bonchev–Trinajstić information content (AvgIpc) is 2.35. The second kappa shape index (κ2) is 6.37. The van der Waals surface area contributed by atoms with Crippen LogP contribution in [0.2, 0.25) is 0 Å². The van der Waals surface area contributed by atoms with Crippen LogP contribution in [0.15, 0.2) is 30.9 Å². The third-order valence-electron chi connectivity index (χ3n) is 2.58. The van der Waals surface area contributed by atoms with Crippen LogP contribution in [0.25, 0.3) is 0 Å². The molecule has 0 unspecified atom stereocenters. The number of amides is 1. The van der Waals surface area contributed by atoms with Gasteiger partial charge >= 0.3 is 6.09 Å². The van der Waals surface area contributed by atoms with Gasteiger partial charge in [-0.15, -0.1) is 0 Å². The number of hydrogen-bond acceptors (Lipinski definition) is 3. The van der Waals surface area contributed by atoms with Gasteiger partial charge in [-0.05, 0) is 57.0 Å². The summed E-state index contributed by atoms with van der Waals surface area (Å²) in [5, 5.41) is 2.66. The average molecular weight is 275 g/mol. The lowest BCUT2D eigenvalue weighted by Crippen LogP contribution is -2.27. The smallest absolute Gasteiger partial charge is 0.412 e. The van der Waals surface area contributed by atoms with E-state index in [0.29, 0.717) is 17.7 Å². The number of nitrogens with one attached hydrogen (secondary N) is 1. The number of allylic oxidation sites excluding steroid dienone is 1. The highest BCUT2D eigenvalue weighted by Gasteiger charge is 2.16. The normalized spacial score (nSPS) is 10.8. The summed E-state index contributed by atoms with van der Waals surface area (Å²) < 4.78 is 5.18. The monoisotopic (exact) mass is 275 g/mol. The molecule has 1 aromatic carbocycles. The first-order valence-corrected chi connectivity index (χ1v) is 6.56. The number of benzene rings is 1. The lowest BCUT2D eigenvalue weighted by Gasteiger charge is -2.20. The Kier molecular flexibility index (Phi) is 5.08. The third kappa shape index (κ3) is 4.53. The molecule has 0 aromatic heterocycles. The van der Waals surface area contributed by atoms with Crippen molar-refractivity contribution in [3.63, 3.8) is 0 Å². The van der Waals surface area contributed by atoms with Crippen molar-refractivity contribution in [3.8, 4) is 0 Å². The van der Waals surface area contributed by atoms with Gasteiger partial charge < -0.3 is 4.74 Å². The zero-order valence-corrected chi connectivity index (χ0v) is 12.4. The summed E-state index contributed by atoms with van der Waals surface area (Å²) >= 11 is 0. The highest BCUT2D eigenvalue weighted by molar-refractivity contribution is 6.05. The molecule has 0 aliphatic carbocycles. The van der Waals surface area contributed by atoms with Crippen LogP contribution in [0.3, 0.4) is 0 Å². The molecule has 0 heterocycles. The van der Waals surface area contributed by atoms with Crippen LogP contribution in [0.1, 0.15) is 43.6 Å². The second-order valence-electron chi connectivity index (χ2n) is 5.42. The van der Waals surface area contributed by atoms with Gasteiger partial charge in [0.2, 0.25) is 0 Å². The molecule has 0 atom stereocenters. The quantitative estimate of drug-likeness (QED) is 0.668. The largest absolute Gasteiger partial charge is 0.444 e. The zero-order chi connectivity index (χ0) is 15.3. The van der Waals surface area contributed by atoms with Gasteiger partial charge in [0.25, 0.3) is 0 Å². The molecule has 4 nitrogen and oxygen atoms in total. The molecule has 1 amide bonds. The van der Waals surface area contributed by atoms with E-state index in [4.69, 9.17) is 4.74 Å². The van der Waals surface area contributed by atoms with E-state index >= 15 is 0 Å². The third-order valence-corrected chi connectivity index (χ3v) is 2.58. The highest BCUT2D eigenvalue weighted by Crippen LogP contribution is 2.18. The lowest BCUT2D eigenvalue weighted by molar-refractivity contribution is 0.0636. The van der Waals surface area contributed by atoms with Crippen molar-refractivity contribution >= 4 is 17.6 Å². The van der Waals surface area contributed by atoms with Crippen molar-refractivity contribution in [1.82, 2.24) is 0 Å². The van der Waals surface area contributed by atoms with Crippen molar-refractivity contribution in [1.29, 1.82) is 0 Å². The molecule has 0 saturated heterocycles. The van der Waals surface area contributed by atoms with Crippen LogP contribution < -0.4 is 5.32 Å². The van der Waals surface area contributed by atoms with Gasteiger partial charge in [0.05, 0.1) is 0 Å². The molecule has 0 aliphatic heterocycles. The standard InChI is InChI=1S/C16H21NO3/c1-6-11-10-12(8-9-13(11)14(18)7-2)17-15(19)20-16(3,4)5/h7-10H,2,6H2,1,3-5H3,(H,17,19). The minimum Gasteiger partial charge on any atom is -0.444 e. The summed E-state index contributed by atoms with van der Waals surface area (Å²) in [7, 11) is 0. The van der Waals surface area contributed by atoms with Gasteiger partial charge in [0, 0.05) is 11.3 Å². The first-order chi connectivity index (χ1) is 9.26. The van der Waals surface area contributed by atoms with Crippen LogP contribution >= 0.6 is 0 Å². The van der Waals surface area contributed by atoms with Gasteiger partial charge in [0.1, 0.15) is 5.60 Å². The summed E-state index contributed by atoms with van der Waals surface area (Å²) in [6.45, 7) is 10.8. The Hall–Kier alpha value is -2.10. The molecule has 20 heavy (non-hydrogen) atoms. The van der Waals surface area contributed by atoms with Crippen molar-refractivity contribution in [2.24, 2.45) is 0 Å². The fourth-order valence-electron chi connectivity index (χ4n) is 1.74. The van der Waals surface area contributed by atoms with E-state index in [2.05, 4.69) is 11.9 Å². The summed E-state index contributed by atoms with van der Waals surface area (Å²) in [4.78, 5) is 23.4. The minimum atomic E-state index is -0.545. The molecule has 1 rings (SSSR count). The SMILES string of the molecule is C=CC(=O)c1ccc(NC(=O)OC(C)(C)C)cc1CC. The summed E-state index contributed by atoms with van der Waals surface area (Å²) in [5.41, 5.74) is 1.54. The van der Waals surface area contributed by atoms with Crippen molar-refractivity contribution in [2.75, 3.05) is 5.32 Å². The Morgan fingerprint density at radius 1 is 1.35 bits per heavy atom. The number of carbonyl (C=O) groups excluding carboxylic acids is 2. The molecule has 4 heteroatoms. The minimum absolute atomic E-state index is 0.120. The summed E-state index contributed by atoms with van der Waals surface area (Å²) in [5.74, 6) is -0.120. The Morgan fingerprint density at radius 3 is 2.50 bits per heavy atom. The van der Waals surface area contributed by atoms with E-state index in [1.54, 1.807) is 39.0 Å². The first kappa shape index (κ1) is 16.0. The highest BCUT2D eigenvalue weighted by atomic mass is 16.6. The van der Waals surface area contributed by atoms with E-state index in [1.165, 1.54) is 6.08 Å². The fourth-order valence-corrected chi connectivity index (χ4v) is 1.74. The van der Waals surface area contributed by atoms with E-state index in [1.807, 2.05) is 6.92 Å². The summed E-state index contributed by atoms with van der Waals surface area (Å²) in [6.07, 6.45) is 1.47. The number of hydrogen-bond donors (Lipinski definition) is 1. The molecular formula is C16H21NO3. The molecule has 108 valence electrons. The van der Waals surface area contributed by atoms with E-state index < -0.39 is 11.7 Å². The number of anilines is 1. The number of rotatable bonds is 4. The summed E-state index contributed by atoms with van der Waals surface area (Å²) in [6, 6.07) is 5.15. The Labute approximate surface area is 119 Å². The van der Waals surface area contributed by atoms with E-state index in [0.717, 1.165) is 5.56 Å². The maximum Gasteiger partial charge on any atom is 0.412 e. The number of aryl methyl sites for hydroxylation is 1. The van der Waals surface area contributed by atoms with Crippen molar-refractivity contribution in [2.45, 2.75) is 39.7 Å². The molecule has 0 bridgehead atoms. The maximum atomic E-state index is 11.7. The van der Waals surface area contributed by atoms with Crippen LogP contribution in [0.5, 0.6) is 0 Å². The maximum absolute atomic E-state index is 11.7. The van der Waals surface area contributed by atoms with Gasteiger partial charge in [-0.25, -0.2) is 4.79 Å². The fraction of sp³-hybridized carbons (Fsp3) is 0.375. The van der Waals surface area contributed by atoms with Crippen LogP contribution in [-0.2, 0) is 11.2 Å². The zero-order valence-electron chi connectivity index (χ0n) is 12.4. The molecule has 1 aromatic rings. The first-order valence-electron chi connectivity index (χ1n) is 6.56. The van der Waals surface area contributed by atoms with E-state index in [-0.39, 0.29) is 5.78 Å². The van der Waals surface area contributed by atoms with Crippen LogP contribution in [0.4, 0.5) is 10.5 Å². The Morgan fingerprint density at radius 2 is 2.00 bits per heavy atom. The van der Waals surface area contributed by atoms with Crippen LogP contribution in [0, 0.1) is 0 Å². The van der Waals surface area contributed by atoms with Gasteiger partial charge in [0.15, 0.2) is 5.78 Å². The van der Waals surface area contributed by atoms with Crippen LogP contribution in [-0.4, -0.2) is 17.5 Å². The molecule has 0 spiro atoms. The Bertz CT molecular complexity index is 527. The second-order valence-corrected chi connectivity index (χ2v) is 5.42. The van der Waals surface area contributed by atoms with Crippen molar-refractivity contribution in [3.05, 3.63) is 42.0 Å². The predicted molar refractivity (Wildman–Crippen MR) is 80.2 cm³/mol. The Balaban J connectivity index is 2.91. The molecular weight excluding hydrogens is 254 g/mol. The number of ketones is 1. The van der Waals surface area contributed by atoms with Crippen molar-refractivity contribution < 1.29 is 14.3 Å². The van der Waals surface area contributed by atoms with Gasteiger partial charge in [-0.2, -0.15) is 0 Å². The van der Waals surface area contributed by atoms with Gasteiger partial charge in [-0.3, -0.25) is 10.1 Å². The number of carbonyl (C=O) groups is 2. The molecule has 0 saturated carbocycles.